The molecule has 1 unspecified atom stereocenters. The Bertz CT molecular complexity index is 805. The molecular weight excluding hydrogens is 274 g/mol. The van der Waals surface area contributed by atoms with Crippen molar-refractivity contribution in [2.45, 2.75) is 19.9 Å². The number of aryl methyl sites for hydroxylation is 1. The van der Waals surface area contributed by atoms with Gasteiger partial charge in [-0.05, 0) is 25.5 Å². The van der Waals surface area contributed by atoms with Gasteiger partial charge >= 0.3 is 0 Å². The number of amides is 1. The van der Waals surface area contributed by atoms with E-state index >= 15 is 0 Å². The van der Waals surface area contributed by atoms with Crippen molar-refractivity contribution >= 4 is 16.8 Å². The van der Waals surface area contributed by atoms with Crippen molar-refractivity contribution in [2.75, 3.05) is 7.05 Å². The Morgan fingerprint density at radius 2 is 1.91 bits per heavy atom. The summed E-state index contributed by atoms with van der Waals surface area (Å²) in [5.74, 6) is -0.0112. The highest BCUT2D eigenvalue weighted by Gasteiger charge is 2.21. The predicted octanol–water partition coefficient (Wildman–Crippen LogP) is 3.70. The molecule has 0 saturated heterocycles. The second-order valence-corrected chi connectivity index (χ2v) is 5.64. The van der Waals surface area contributed by atoms with Crippen LogP contribution in [0, 0.1) is 6.92 Å². The van der Waals surface area contributed by atoms with Gasteiger partial charge in [0.2, 0.25) is 0 Å². The largest absolute Gasteiger partial charge is 0.335 e. The first kappa shape index (κ1) is 14.3. The highest BCUT2D eigenvalue weighted by atomic mass is 16.2. The van der Waals surface area contributed by atoms with E-state index in [1.807, 2.05) is 32.2 Å². The number of hydrogen-bond donors (Lipinski definition) is 1. The van der Waals surface area contributed by atoms with E-state index in [0.29, 0.717) is 5.56 Å². The van der Waals surface area contributed by atoms with Crippen LogP contribution in [0.1, 0.15) is 34.5 Å². The first-order valence-corrected chi connectivity index (χ1v) is 7.34. The summed E-state index contributed by atoms with van der Waals surface area (Å²) in [6.07, 6.45) is 1.73. The molecule has 112 valence electrons. The van der Waals surface area contributed by atoms with Gasteiger partial charge in [-0.25, -0.2) is 0 Å². The molecule has 1 heterocycles. The number of nitrogens with one attached hydrogen (secondary N) is 1. The molecule has 1 N–H and O–H groups in total. The maximum atomic E-state index is 12.8. The zero-order chi connectivity index (χ0) is 15.7. The number of nitrogens with zero attached hydrogens (tertiary/aromatic N) is 2. The minimum absolute atomic E-state index is 0.00581. The van der Waals surface area contributed by atoms with Gasteiger partial charge in [0.15, 0.2) is 0 Å². The SMILES string of the molecule is Cc1ccc(C(C)N(C)C(=O)c2cccc3cn[nH]c23)cc1. The van der Waals surface area contributed by atoms with Gasteiger partial charge in [0.1, 0.15) is 0 Å². The zero-order valence-corrected chi connectivity index (χ0v) is 13.0. The fourth-order valence-corrected chi connectivity index (χ4v) is 2.58. The third-order valence-electron chi connectivity index (χ3n) is 4.17. The number of carbonyl (C=O) groups is 1. The summed E-state index contributed by atoms with van der Waals surface area (Å²) in [6, 6.07) is 13.9. The molecule has 22 heavy (non-hydrogen) atoms. The summed E-state index contributed by atoms with van der Waals surface area (Å²) in [4.78, 5) is 14.6. The van der Waals surface area contributed by atoms with Gasteiger partial charge in [-0.3, -0.25) is 9.89 Å². The second-order valence-electron chi connectivity index (χ2n) is 5.64. The average Bonchev–Trinajstić information content (AvgIpc) is 3.02. The molecule has 0 radical (unpaired) electrons. The van der Waals surface area contributed by atoms with Crippen LogP contribution in [0.2, 0.25) is 0 Å². The number of carbonyl (C=O) groups excluding carboxylic acids is 1. The van der Waals surface area contributed by atoms with Crippen molar-refractivity contribution in [3.05, 3.63) is 65.4 Å². The third kappa shape index (κ3) is 2.48. The van der Waals surface area contributed by atoms with Gasteiger partial charge in [-0.1, -0.05) is 42.0 Å². The highest BCUT2D eigenvalue weighted by molar-refractivity contribution is 6.05. The van der Waals surface area contributed by atoms with Crippen molar-refractivity contribution < 1.29 is 4.79 Å². The predicted molar refractivity (Wildman–Crippen MR) is 87.8 cm³/mol. The first-order valence-electron chi connectivity index (χ1n) is 7.34. The van der Waals surface area contributed by atoms with Crippen molar-refractivity contribution in [2.24, 2.45) is 0 Å². The molecule has 0 aliphatic rings. The van der Waals surface area contributed by atoms with E-state index < -0.39 is 0 Å². The van der Waals surface area contributed by atoms with Crippen molar-refractivity contribution in [3.8, 4) is 0 Å². The monoisotopic (exact) mass is 293 g/mol. The Labute approximate surface area is 129 Å². The molecule has 1 aromatic heterocycles. The summed E-state index contributed by atoms with van der Waals surface area (Å²) in [5.41, 5.74) is 3.78. The molecule has 0 spiro atoms. The van der Waals surface area contributed by atoms with Crippen LogP contribution < -0.4 is 0 Å². The van der Waals surface area contributed by atoms with Gasteiger partial charge in [-0.2, -0.15) is 5.10 Å². The summed E-state index contributed by atoms with van der Waals surface area (Å²) in [7, 11) is 1.84. The van der Waals surface area contributed by atoms with Gasteiger partial charge < -0.3 is 4.90 Å². The molecule has 4 nitrogen and oxygen atoms in total. The van der Waals surface area contributed by atoms with E-state index in [9.17, 15) is 4.79 Å². The Morgan fingerprint density at radius 1 is 1.18 bits per heavy atom. The van der Waals surface area contributed by atoms with Crippen LogP contribution in [0.15, 0.2) is 48.7 Å². The summed E-state index contributed by atoms with van der Waals surface area (Å²) < 4.78 is 0. The van der Waals surface area contributed by atoms with Crippen LogP contribution in [-0.2, 0) is 0 Å². The van der Waals surface area contributed by atoms with Crippen LogP contribution >= 0.6 is 0 Å². The quantitative estimate of drug-likeness (QED) is 0.800. The Kier molecular flexibility index (Phi) is 3.67. The molecule has 0 bridgehead atoms. The van der Waals surface area contributed by atoms with Crippen LogP contribution in [0.25, 0.3) is 10.9 Å². The van der Waals surface area contributed by atoms with Crippen molar-refractivity contribution in [1.82, 2.24) is 15.1 Å². The molecule has 1 amide bonds. The lowest BCUT2D eigenvalue weighted by Gasteiger charge is -2.25. The molecule has 1 atom stereocenters. The molecular formula is C18H19N3O. The molecule has 0 aliphatic heterocycles. The minimum atomic E-state index is -0.0112. The van der Waals surface area contributed by atoms with E-state index in [2.05, 4.69) is 41.4 Å². The number of aromatic nitrogens is 2. The Hall–Kier alpha value is -2.62. The van der Waals surface area contributed by atoms with Crippen molar-refractivity contribution in [3.63, 3.8) is 0 Å². The van der Waals surface area contributed by atoms with E-state index in [1.165, 1.54) is 5.56 Å². The first-order chi connectivity index (χ1) is 10.6. The van der Waals surface area contributed by atoms with Gasteiger partial charge in [0.05, 0.1) is 23.3 Å². The van der Waals surface area contributed by atoms with Gasteiger partial charge in [0, 0.05) is 12.4 Å². The average molecular weight is 293 g/mol. The van der Waals surface area contributed by atoms with E-state index in [0.717, 1.165) is 16.5 Å². The number of aromatic amines is 1. The second kappa shape index (κ2) is 5.64. The van der Waals surface area contributed by atoms with E-state index in [-0.39, 0.29) is 11.9 Å². The molecule has 0 fully saturated rings. The van der Waals surface area contributed by atoms with Crippen LogP contribution in [0.3, 0.4) is 0 Å². The zero-order valence-electron chi connectivity index (χ0n) is 13.0. The summed E-state index contributed by atoms with van der Waals surface area (Å²) in [6.45, 7) is 4.10. The molecule has 3 aromatic rings. The smallest absolute Gasteiger partial charge is 0.256 e. The van der Waals surface area contributed by atoms with E-state index in [4.69, 9.17) is 0 Å². The number of H-pyrrole nitrogens is 1. The summed E-state index contributed by atoms with van der Waals surface area (Å²) in [5, 5.41) is 7.88. The lowest BCUT2D eigenvalue weighted by Crippen LogP contribution is -2.29. The molecule has 0 aliphatic carbocycles. The van der Waals surface area contributed by atoms with Gasteiger partial charge in [-0.15, -0.1) is 0 Å². The molecule has 4 heteroatoms. The van der Waals surface area contributed by atoms with Crippen LogP contribution in [0.4, 0.5) is 0 Å². The topological polar surface area (TPSA) is 49.0 Å². The summed E-state index contributed by atoms with van der Waals surface area (Å²) >= 11 is 0. The number of benzene rings is 2. The number of hydrogen-bond acceptors (Lipinski definition) is 2. The molecule has 2 aromatic carbocycles. The normalized spacial score (nSPS) is 12.3. The lowest BCUT2D eigenvalue weighted by molar-refractivity contribution is 0.0744. The van der Waals surface area contributed by atoms with Crippen LogP contribution in [-0.4, -0.2) is 28.1 Å². The minimum Gasteiger partial charge on any atom is -0.335 e. The lowest BCUT2D eigenvalue weighted by atomic mass is 10.0. The van der Waals surface area contributed by atoms with Crippen LogP contribution in [0.5, 0.6) is 0 Å². The third-order valence-corrected chi connectivity index (χ3v) is 4.17. The maximum Gasteiger partial charge on any atom is 0.256 e. The number of rotatable bonds is 3. The van der Waals surface area contributed by atoms with E-state index in [1.54, 1.807) is 11.1 Å². The maximum absolute atomic E-state index is 12.8. The Balaban J connectivity index is 1.91. The fraction of sp³-hybridized carbons (Fsp3) is 0.222. The standard InChI is InChI=1S/C18H19N3O/c1-12-7-9-14(10-8-12)13(2)21(3)18(22)16-6-4-5-15-11-19-20-17(15)16/h4-11,13H,1-3H3,(H,19,20). The number of fused-ring (bicyclic) bond motifs is 1. The number of para-hydroxylation sites is 1. The Morgan fingerprint density at radius 3 is 2.64 bits per heavy atom. The van der Waals surface area contributed by atoms with Gasteiger partial charge in [0.25, 0.3) is 5.91 Å². The fourth-order valence-electron chi connectivity index (χ4n) is 2.58. The molecule has 0 saturated carbocycles. The molecule has 3 rings (SSSR count). The highest BCUT2D eigenvalue weighted by Crippen LogP contribution is 2.23. The van der Waals surface area contributed by atoms with Crippen molar-refractivity contribution in [1.29, 1.82) is 0 Å².